The normalized spacial score (nSPS) is 18.8. The smallest absolute Gasteiger partial charge is 0.162 e. The number of aliphatic imine (C=N–C) groups is 1. The number of rotatable bonds is 3. The Labute approximate surface area is 163 Å². The Bertz CT molecular complexity index is 1190. The number of anilines is 2. The summed E-state index contributed by atoms with van der Waals surface area (Å²) < 4.78 is 0. The van der Waals surface area contributed by atoms with Crippen molar-refractivity contribution in [3.05, 3.63) is 66.3 Å². The number of hydrogen-bond donors (Lipinski definition) is 2. The molecule has 1 aliphatic heterocycles. The van der Waals surface area contributed by atoms with Gasteiger partial charge < -0.3 is 11.1 Å². The van der Waals surface area contributed by atoms with Crippen molar-refractivity contribution in [3.63, 3.8) is 0 Å². The topological polar surface area (TPSA) is 89.1 Å². The number of benzene rings is 1. The van der Waals surface area contributed by atoms with Crippen LogP contribution in [-0.4, -0.2) is 27.8 Å². The fourth-order valence-corrected chi connectivity index (χ4v) is 3.84. The molecule has 5 rings (SSSR count). The van der Waals surface area contributed by atoms with Gasteiger partial charge in [0.2, 0.25) is 0 Å². The largest absolute Gasteiger partial charge is 0.383 e. The third-order valence-corrected chi connectivity index (χ3v) is 5.31. The minimum Gasteiger partial charge on any atom is -0.383 e. The second kappa shape index (κ2) is 6.27. The third-order valence-electron chi connectivity index (χ3n) is 5.31. The van der Waals surface area contributed by atoms with E-state index in [1.54, 1.807) is 19.3 Å². The molecule has 2 aliphatic rings. The lowest BCUT2D eigenvalue weighted by atomic mass is 9.99. The van der Waals surface area contributed by atoms with Gasteiger partial charge in [-0.2, -0.15) is 0 Å². The van der Waals surface area contributed by atoms with Crippen LogP contribution in [0.2, 0.25) is 0 Å². The lowest BCUT2D eigenvalue weighted by Gasteiger charge is -2.11. The van der Waals surface area contributed by atoms with E-state index in [2.05, 4.69) is 32.9 Å². The zero-order chi connectivity index (χ0) is 19.3. The summed E-state index contributed by atoms with van der Waals surface area (Å²) in [6.45, 7) is 4.01. The van der Waals surface area contributed by atoms with Crippen molar-refractivity contribution in [2.45, 2.75) is 18.8 Å². The average Bonchev–Trinajstić information content (AvgIpc) is 3.50. The van der Waals surface area contributed by atoms with Crippen molar-refractivity contribution in [1.82, 2.24) is 15.0 Å². The molecule has 28 heavy (non-hydrogen) atoms. The van der Waals surface area contributed by atoms with Gasteiger partial charge in [0, 0.05) is 41.0 Å². The van der Waals surface area contributed by atoms with E-state index in [0.29, 0.717) is 17.6 Å². The Morgan fingerprint density at radius 2 is 2.07 bits per heavy atom. The summed E-state index contributed by atoms with van der Waals surface area (Å²) in [5, 5.41) is 4.27. The highest BCUT2D eigenvalue weighted by molar-refractivity contribution is 6.39. The summed E-state index contributed by atoms with van der Waals surface area (Å²) in [5.41, 5.74) is 12.1. The van der Waals surface area contributed by atoms with Crippen molar-refractivity contribution >= 4 is 39.4 Å². The Balaban J connectivity index is 1.76. The molecule has 1 aromatic carbocycles. The summed E-state index contributed by atoms with van der Waals surface area (Å²) in [6, 6.07) is 8.07. The Morgan fingerprint density at radius 1 is 1.25 bits per heavy atom. The summed E-state index contributed by atoms with van der Waals surface area (Å²) in [7, 11) is 1.76. The highest BCUT2D eigenvalue weighted by atomic mass is 15.0. The van der Waals surface area contributed by atoms with Crippen LogP contribution < -0.4 is 11.1 Å². The molecule has 138 valence electrons. The molecule has 0 saturated heterocycles. The van der Waals surface area contributed by atoms with E-state index in [-0.39, 0.29) is 0 Å². The van der Waals surface area contributed by atoms with E-state index in [0.717, 1.165) is 44.7 Å². The van der Waals surface area contributed by atoms with E-state index < -0.39 is 0 Å². The molecule has 0 spiro atoms. The van der Waals surface area contributed by atoms with Gasteiger partial charge in [0.15, 0.2) is 5.82 Å². The number of nitrogens with one attached hydrogen (secondary N) is 1. The molecular formula is C22H20N6. The number of para-hydroxylation sites is 1. The summed E-state index contributed by atoms with van der Waals surface area (Å²) in [5.74, 6) is 2.31. The number of nitrogen functional groups attached to an aromatic ring is 1. The second-order valence-electron chi connectivity index (χ2n) is 7.07. The van der Waals surface area contributed by atoms with Crippen LogP contribution in [0.15, 0.2) is 54.3 Å². The molecule has 2 aromatic heterocycles. The summed E-state index contributed by atoms with van der Waals surface area (Å²) in [6.07, 6.45) is 7.75. The molecule has 0 atom stereocenters. The van der Waals surface area contributed by atoms with Crippen molar-refractivity contribution in [1.29, 1.82) is 0 Å². The first-order chi connectivity index (χ1) is 13.7. The van der Waals surface area contributed by atoms with Gasteiger partial charge in [-0.1, -0.05) is 30.9 Å². The maximum atomic E-state index is 6.39. The van der Waals surface area contributed by atoms with Crippen LogP contribution in [0.3, 0.4) is 0 Å². The first-order valence-electron chi connectivity index (χ1n) is 9.33. The standard InChI is InChI=1S/C22H20N6/c1-3-13(18-14-6-4-5-7-16(14)26-22(18)24-2)21-27-17-11-25-10-15(12-8-9-12)19(17)20(23)28-21/h3-7,10-12H,1,8-9H2,2H3,(H,24,26)(H2,23,27,28)/b18-13+. The van der Waals surface area contributed by atoms with E-state index >= 15 is 0 Å². The fraction of sp³-hybridized carbons (Fsp3) is 0.182. The van der Waals surface area contributed by atoms with Crippen LogP contribution in [0.25, 0.3) is 22.0 Å². The Morgan fingerprint density at radius 3 is 2.82 bits per heavy atom. The molecule has 1 aliphatic carbocycles. The minimum atomic E-state index is 0.485. The second-order valence-corrected chi connectivity index (χ2v) is 7.07. The van der Waals surface area contributed by atoms with Crippen LogP contribution in [-0.2, 0) is 0 Å². The van der Waals surface area contributed by atoms with Gasteiger partial charge in [0.1, 0.15) is 11.7 Å². The van der Waals surface area contributed by atoms with E-state index in [1.165, 1.54) is 12.8 Å². The average molecular weight is 368 g/mol. The van der Waals surface area contributed by atoms with Crippen molar-refractivity contribution in [2.24, 2.45) is 4.99 Å². The molecule has 1 fully saturated rings. The third kappa shape index (κ3) is 2.49. The number of hydrogen-bond acceptors (Lipinski definition) is 5. The number of nitrogens with two attached hydrogens (primary N) is 1. The van der Waals surface area contributed by atoms with Gasteiger partial charge in [-0.15, -0.1) is 0 Å². The number of allylic oxidation sites excluding steroid dienone is 2. The first-order valence-corrected chi connectivity index (χ1v) is 9.33. The van der Waals surface area contributed by atoms with Crippen LogP contribution in [0.5, 0.6) is 0 Å². The van der Waals surface area contributed by atoms with E-state index in [1.807, 2.05) is 24.4 Å². The zero-order valence-corrected chi connectivity index (χ0v) is 15.6. The van der Waals surface area contributed by atoms with Crippen LogP contribution in [0.4, 0.5) is 11.5 Å². The monoisotopic (exact) mass is 368 g/mol. The highest BCUT2D eigenvalue weighted by Crippen LogP contribution is 2.44. The van der Waals surface area contributed by atoms with Crippen LogP contribution in [0, 0.1) is 0 Å². The molecular weight excluding hydrogens is 348 g/mol. The SMILES string of the molecule is C=C/C(=C1\C(=NC)Nc2ccccc21)c1nc(N)c2c(C3CC3)cncc2n1. The molecule has 6 heteroatoms. The predicted molar refractivity (Wildman–Crippen MR) is 114 cm³/mol. The van der Waals surface area contributed by atoms with Gasteiger partial charge in [-0.05, 0) is 30.4 Å². The molecule has 6 nitrogen and oxygen atoms in total. The van der Waals surface area contributed by atoms with Gasteiger partial charge >= 0.3 is 0 Å². The Kier molecular flexibility index (Phi) is 3.72. The molecule has 0 unspecified atom stereocenters. The molecule has 3 N–H and O–H groups in total. The molecule has 1 saturated carbocycles. The van der Waals surface area contributed by atoms with Crippen molar-refractivity contribution in [3.8, 4) is 0 Å². The number of nitrogens with zero attached hydrogens (tertiary/aromatic N) is 4. The quantitative estimate of drug-likeness (QED) is 0.728. The van der Waals surface area contributed by atoms with Crippen LogP contribution in [0.1, 0.15) is 35.7 Å². The van der Waals surface area contributed by atoms with Gasteiger partial charge in [0.25, 0.3) is 0 Å². The maximum absolute atomic E-state index is 6.39. The minimum absolute atomic E-state index is 0.485. The summed E-state index contributed by atoms with van der Waals surface area (Å²) >= 11 is 0. The molecule has 0 amide bonds. The molecule has 3 aromatic rings. The lowest BCUT2D eigenvalue weighted by molar-refractivity contribution is 1.09. The molecule has 3 heterocycles. The predicted octanol–water partition coefficient (Wildman–Crippen LogP) is 4.04. The molecule has 0 bridgehead atoms. The zero-order valence-electron chi connectivity index (χ0n) is 15.6. The van der Waals surface area contributed by atoms with Crippen molar-refractivity contribution < 1.29 is 0 Å². The first kappa shape index (κ1) is 16.6. The van der Waals surface area contributed by atoms with Gasteiger partial charge in [0.05, 0.1) is 11.7 Å². The number of pyridine rings is 1. The number of amidine groups is 1. The lowest BCUT2D eigenvalue weighted by Crippen LogP contribution is -2.08. The Hall–Kier alpha value is -3.54. The van der Waals surface area contributed by atoms with Gasteiger partial charge in [-0.3, -0.25) is 9.98 Å². The molecule has 0 radical (unpaired) electrons. The van der Waals surface area contributed by atoms with Crippen molar-refractivity contribution in [2.75, 3.05) is 18.1 Å². The van der Waals surface area contributed by atoms with Crippen LogP contribution >= 0.6 is 0 Å². The maximum Gasteiger partial charge on any atom is 0.162 e. The van der Waals surface area contributed by atoms with E-state index in [4.69, 9.17) is 10.7 Å². The van der Waals surface area contributed by atoms with E-state index in [9.17, 15) is 0 Å². The fourth-order valence-electron chi connectivity index (χ4n) is 3.84. The van der Waals surface area contributed by atoms with Gasteiger partial charge in [-0.25, -0.2) is 9.97 Å². The number of aromatic nitrogens is 3. The summed E-state index contributed by atoms with van der Waals surface area (Å²) in [4.78, 5) is 18.2. The highest BCUT2D eigenvalue weighted by Gasteiger charge is 2.29. The number of fused-ring (bicyclic) bond motifs is 2.